The first-order chi connectivity index (χ1) is 8.60. The van der Waals surface area contributed by atoms with Crippen molar-refractivity contribution in [2.75, 3.05) is 20.1 Å². The van der Waals surface area contributed by atoms with Crippen molar-refractivity contribution in [1.82, 2.24) is 0 Å². The summed E-state index contributed by atoms with van der Waals surface area (Å²) < 4.78 is 0. The van der Waals surface area contributed by atoms with Crippen LogP contribution in [0, 0.1) is 5.92 Å². The number of hydrogen-bond donors (Lipinski definition) is 2. The van der Waals surface area contributed by atoms with Gasteiger partial charge in [-0.05, 0) is 12.5 Å². The van der Waals surface area contributed by atoms with Crippen LogP contribution in [-0.2, 0) is 5.41 Å². The Morgan fingerprint density at radius 1 is 1.28 bits per heavy atom. The molecule has 1 aromatic carbocycles. The van der Waals surface area contributed by atoms with Crippen molar-refractivity contribution in [3.05, 3.63) is 35.9 Å². The van der Waals surface area contributed by atoms with E-state index in [1.165, 1.54) is 24.9 Å². The molecule has 4 N–H and O–H groups in total. The third kappa shape index (κ3) is 2.32. The Kier molecular flexibility index (Phi) is 4.08. The van der Waals surface area contributed by atoms with Gasteiger partial charge in [0.2, 0.25) is 0 Å². The lowest BCUT2D eigenvalue weighted by molar-refractivity contribution is -0.915. The maximum Gasteiger partial charge on any atom is 0.0852 e. The van der Waals surface area contributed by atoms with Crippen LogP contribution in [0.5, 0.6) is 0 Å². The Bertz CT molecular complexity index is 376. The molecule has 2 rings (SSSR count). The summed E-state index contributed by atoms with van der Waals surface area (Å²) in [6, 6.07) is 11.9. The van der Waals surface area contributed by atoms with Crippen LogP contribution >= 0.6 is 0 Å². The molecule has 0 bridgehead atoms. The highest BCUT2D eigenvalue weighted by Gasteiger charge is 2.45. The average molecular weight is 248 g/mol. The fraction of sp³-hybridized carbons (Fsp3) is 0.625. The van der Waals surface area contributed by atoms with Crippen LogP contribution in [0.15, 0.2) is 30.3 Å². The molecule has 1 aromatic rings. The molecular formula is C16H28N2+2. The predicted octanol–water partition coefficient (Wildman–Crippen LogP) is 0.499. The monoisotopic (exact) mass is 248 g/mol. The lowest BCUT2D eigenvalue weighted by Gasteiger charge is -2.47. The minimum absolute atomic E-state index is 0.349. The molecular weight excluding hydrogens is 220 g/mol. The van der Waals surface area contributed by atoms with E-state index in [4.69, 9.17) is 0 Å². The van der Waals surface area contributed by atoms with Gasteiger partial charge >= 0.3 is 0 Å². The van der Waals surface area contributed by atoms with Gasteiger partial charge in [-0.1, -0.05) is 37.3 Å². The standard InChI is InChI=1S/C16H26N2/c1-13-12-18(3)14(2)11-16(13,9-10-17)15-7-5-4-6-8-15/h4-8,13-14H,9-12,17H2,1-3H3/p+2/t13-,14-,16+/m1/s1. The lowest BCUT2D eigenvalue weighted by Crippen LogP contribution is -3.15. The van der Waals surface area contributed by atoms with Gasteiger partial charge in [0.25, 0.3) is 0 Å². The second-order valence-corrected chi connectivity index (χ2v) is 6.18. The summed E-state index contributed by atoms with van der Waals surface area (Å²) in [5.74, 6) is 0.734. The molecule has 0 radical (unpaired) electrons. The van der Waals surface area contributed by atoms with Crippen LogP contribution in [0.25, 0.3) is 0 Å². The Hall–Kier alpha value is -0.860. The maximum absolute atomic E-state index is 4.12. The van der Waals surface area contributed by atoms with Gasteiger partial charge in [0.15, 0.2) is 0 Å². The highest BCUT2D eigenvalue weighted by molar-refractivity contribution is 5.27. The molecule has 0 saturated carbocycles. The summed E-state index contributed by atoms with van der Waals surface area (Å²) in [5.41, 5.74) is 6.00. The third-order valence-corrected chi connectivity index (χ3v) is 5.05. The van der Waals surface area contributed by atoms with Gasteiger partial charge in [-0.3, -0.25) is 0 Å². The quantitative estimate of drug-likeness (QED) is 0.781. The average Bonchev–Trinajstić information content (AvgIpc) is 2.37. The molecule has 0 spiro atoms. The van der Waals surface area contributed by atoms with E-state index in [2.05, 4.69) is 57.0 Å². The van der Waals surface area contributed by atoms with E-state index in [0.717, 1.165) is 18.5 Å². The van der Waals surface area contributed by atoms with Gasteiger partial charge < -0.3 is 10.6 Å². The van der Waals surface area contributed by atoms with Crippen molar-refractivity contribution in [1.29, 1.82) is 0 Å². The molecule has 0 aromatic heterocycles. The lowest BCUT2D eigenvalue weighted by atomic mass is 9.63. The first-order valence-corrected chi connectivity index (χ1v) is 7.27. The Balaban J connectivity index is 2.37. The molecule has 100 valence electrons. The summed E-state index contributed by atoms with van der Waals surface area (Å²) in [6.07, 6.45) is 2.51. The predicted molar refractivity (Wildman–Crippen MR) is 75.5 cm³/mol. The number of quaternary nitrogens is 2. The van der Waals surface area contributed by atoms with E-state index < -0.39 is 0 Å². The maximum atomic E-state index is 4.12. The topological polar surface area (TPSA) is 32.1 Å². The first kappa shape index (κ1) is 13.6. The smallest absolute Gasteiger partial charge is 0.0852 e. The van der Waals surface area contributed by atoms with E-state index in [9.17, 15) is 0 Å². The largest absolute Gasteiger partial charge is 0.358 e. The molecule has 1 saturated heterocycles. The molecule has 0 aliphatic carbocycles. The van der Waals surface area contributed by atoms with Crippen LogP contribution in [0.2, 0.25) is 0 Å². The van der Waals surface area contributed by atoms with E-state index in [0.29, 0.717) is 5.41 Å². The van der Waals surface area contributed by atoms with Gasteiger partial charge in [-0.15, -0.1) is 0 Å². The van der Waals surface area contributed by atoms with Crippen molar-refractivity contribution < 1.29 is 10.6 Å². The molecule has 1 unspecified atom stereocenters. The Morgan fingerprint density at radius 2 is 1.94 bits per heavy atom. The van der Waals surface area contributed by atoms with E-state index in [-0.39, 0.29) is 0 Å². The fourth-order valence-corrected chi connectivity index (χ4v) is 3.78. The van der Waals surface area contributed by atoms with E-state index in [1.807, 2.05) is 0 Å². The van der Waals surface area contributed by atoms with Crippen molar-refractivity contribution in [2.45, 2.75) is 38.1 Å². The van der Waals surface area contributed by atoms with Crippen LogP contribution in [0.3, 0.4) is 0 Å². The summed E-state index contributed by atoms with van der Waals surface area (Å²) in [6.45, 7) is 7.13. The zero-order valence-corrected chi connectivity index (χ0v) is 12.1. The van der Waals surface area contributed by atoms with Crippen LogP contribution in [0.4, 0.5) is 0 Å². The summed E-state index contributed by atoms with van der Waals surface area (Å²) in [4.78, 5) is 1.68. The number of likely N-dealkylation sites (tertiary alicyclic amines) is 1. The van der Waals surface area contributed by atoms with Crippen LogP contribution in [0.1, 0.15) is 32.3 Å². The highest BCUT2D eigenvalue weighted by Crippen LogP contribution is 2.40. The van der Waals surface area contributed by atoms with Crippen molar-refractivity contribution in [3.63, 3.8) is 0 Å². The number of piperidine rings is 1. The third-order valence-electron chi connectivity index (χ3n) is 5.05. The minimum atomic E-state index is 0.349. The van der Waals surface area contributed by atoms with Crippen LogP contribution in [-0.4, -0.2) is 26.2 Å². The van der Waals surface area contributed by atoms with Gasteiger partial charge in [-0.25, -0.2) is 0 Å². The van der Waals surface area contributed by atoms with Gasteiger partial charge in [0.05, 0.1) is 26.2 Å². The second-order valence-electron chi connectivity index (χ2n) is 6.18. The number of nitrogens with one attached hydrogen (secondary N) is 1. The number of benzene rings is 1. The zero-order chi connectivity index (χ0) is 13.2. The second kappa shape index (κ2) is 5.41. The SMILES string of the molecule is C[C@@H]1C[C@](CC[NH3+])(c2ccccc2)[C@H](C)C[NH+]1C. The van der Waals surface area contributed by atoms with Gasteiger partial charge in [-0.2, -0.15) is 0 Å². The summed E-state index contributed by atoms with van der Waals surface area (Å²) in [7, 11) is 2.33. The first-order valence-electron chi connectivity index (χ1n) is 7.27. The molecule has 1 fully saturated rings. The molecule has 1 aliphatic heterocycles. The molecule has 1 aliphatic rings. The normalized spacial score (nSPS) is 36.6. The summed E-state index contributed by atoms with van der Waals surface area (Å²) in [5, 5.41) is 0. The number of rotatable bonds is 3. The fourth-order valence-electron chi connectivity index (χ4n) is 3.78. The van der Waals surface area contributed by atoms with E-state index >= 15 is 0 Å². The van der Waals surface area contributed by atoms with E-state index in [1.54, 1.807) is 4.90 Å². The van der Waals surface area contributed by atoms with Gasteiger partial charge in [0, 0.05) is 24.2 Å². The molecule has 0 amide bonds. The van der Waals surface area contributed by atoms with Gasteiger partial charge in [0.1, 0.15) is 0 Å². The van der Waals surface area contributed by atoms with Crippen LogP contribution < -0.4 is 10.6 Å². The molecule has 4 atom stereocenters. The molecule has 2 nitrogen and oxygen atoms in total. The zero-order valence-electron chi connectivity index (χ0n) is 12.1. The molecule has 18 heavy (non-hydrogen) atoms. The Labute approximate surface area is 111 Å². The molecule has 1 heterocycles. The Morgan fingerprint density at radius 3 is 2.56 bits per heavy atom. The molecule has 2 heteroatoms. The van der Waals surface area contributed by atoms with Crippen molar-refractivity contribution >= 4 is 0 Å². The summed E-state index contributed by atoms with van der Waals surface area (Å²) >= 11 is 0. The van der Waals surface area contributed by atoms with Crippen molar-refractivity contribution in [2.24, 2.45) is 5.92 Å². The number of hydrogen-bond acceptors (Lipinski definition) is 0. The van der Waals surface area contributed by atoms with Crippen molar-refractivity contribution in [3.8, 4) is 0 Å². The highest BCUT2D eigenvalue weighted by atomic mass is 15.1. The minimum Gasteiger partial charge on any atom is -0.358 e.